The van der Waals surface area contributed by atoms with Crippen LogP contribution in [-0.2, 0) is 9.47 Å². The van der Waals surface area contributed by atoms with Crippen LogP contribution in [0.5, 0.6) is 0 Å². The molecule has 0 spiro atoms. The summed E-state index contributed by atoms with van der Waals surface area (Å²) in [6.07, 6.45) is 0.0671. The maximum absolute atomic E-state index is 5.62. The summed E-state index contributed by atoms with van der Waals surface area (Å²) in [5.41, 5.74) is -0.542. The average molecular weight is 168 g/mol. The number of rotatable bonds is 0. The highest BCUT2D eigenvalue weighted by atomic mass is 16.6. The molecular weight excluding hydrogens is 154 g/mol. The minimum absolute atomic E-state index is 0.0671. The van der Waals surface area contributed by atoms with Crippen LogP contribution in [0, 0.1) is 18.4 Å². The predicted molar refractivity (Wildman–Crippen MR) is 45.1 cm³/mol. The Morgan fingerprint density at radius 1 is 1.42 bits per heavy atom. The highest BCUT2D eigenvalue weighted by Crippen LogP contribution is 2.44. The molecule has 0 aromatic heterocycles. The van der Waals surface area contributed by atoms with Crippen molar-refractivity contribution in [2.45, 2.75) is 25.7 Å². The van der Waals surface area contributed by atoms with Gasteiger partial charge in [0.15, 0.2) is 6.10 Å². The lowest BCUT2D eigenvalue weighted by atomic mass is 9.93. The van der Waals surface area contributed by atoms with Crippen LogP contribution >= 0.6 is 0 Å². The fraction of sp³-hybridized carbons (Fsp3) is 0.889. The van der Waals surface area contributed by atoms with E-state index in [1.54, 1.807) is 0 Å². The Morgan fingerprint density at radius 2 is 2.17 bits per heavy atom. The van der Waals surface area contributed by atoms with E-state index < -0.39 is 5.72 Å². The molecule has 3 nitrogen and oxygen atoms in total. The van der Waals surface area contributed by atoms with Crippen molar-refractivity contribution in [1.82, 2.24) is 0 Å². The van der Waals surface area contributed by atoms with E-state index >= 15 is 0 Å². The minimum atomic E-state index is -0.542. The van der Waals surface area contributed by atoms with Gasteiger partial charge in [-0.1, -0.05) is 6.92 Å². The summed E-state index contributed by atoms with van der Waals surface area (Å²) in [6.45, 7) is 11.0. The molecule has 2 aliphatic rings. The quantitative estimate of drug-likeness (QED) is 0.545. The summed E-state index contributed by atoms with van der Waals surface area (Å²) >= 11 is 0. The molecule has 2 rings (SSSR count). The van der Waals surface area contributed by atoms with Gasteiger partial charge in [-0.05, 0) is 11.8 Å². The lowest BCUT2D eigenvalue weighted by Crippen LogP contribution is -2.37. The number of ether oxygens (including phenoxy) is 2. The van der Waals surface area contributed by atoms with E-state index in [9.17, 15) is 0 Å². The first-order valence-corrected chi connectivity index (χ1v) is 4.38. The topological polar surface area (TPSA) is 22.8 Å². The smallest absolute Gasteiger partial charge is 0.366 e. The second kappa shape index (κ2) is 2.45. The van der Waals surface area contributed by atoms with Crippen molar-refractivity contribution in [3.63, 3.8) is 0 Å². The molecule has 0 unspecified atom stereocenters. The first-order valence-electron chi connectivity index (χ1n) is 4.38. The molecule has 0 saturated carbocycles. The van der Waals surface area contributed by atoms with E-state index in [0.717, 1.165) is 0 Å². The highest BCUT2D eigenvalue weighted by Gasteiger charge is 2.66. The van der Waals surface area contributed by atoms with E-state index in [-0.39, 0.29) is 12.0 Å². The molecule has 0 bridgehead atoms. The molecule has 0 amide bonds. The Kier molecular flexibility index (Phi) is 1.64. The van der Waals surface area contributed by atoms with Gasteiger partial charge in [-0.15, -0.1) is 0 Å². The van der Waals surface area contributed by atoms with Gasteiger partial charge in [-0.3, -0.25) is 0 Å². The maximum atomic E-state index is 5.62. The van der Waals surface area contributed by atoms with Crippen LogP contribution in [0.1, 0.15) is 13.8 Å². The van der Waals surface area contributed by atoms with Crippen LogP contribution in [-0.4, -0.2) is 25.0 Å². The lowest BCUT2D eigenvalue weighted by molar-refractivity contribution is -0.00159. The molecule has 12 heavy (non-hydrogen) atoms. The summed E-state index contributed by atoms with van der Waals surface area (Å²) in [6, 6.07) is 0. The Hall–Kier alpha value is -0.590. The Balaban J connectivity index is 2.32. The average Bonchev–Trinajstić information content (AvgIpc) is 2.55. The molecule has 0 N–H and O–H groups in total. The first kappa shape index (κ1) is 8.03. The van der Waals surface area contributed by atoms with Gasteiger partial charge in [-0.2, -0.15) is 0 Å². The van der Waals surface area contributed by atoms with Gasteiger partial charge in [-0.25, -0.2) is 0 Å². The second-order valence-corrected chi connectivity index (χ2v) is 3.82. The van der Waals surface area contributed by atoms with Gasteiger partial charge in [0, 0.05) is 5.92 Å². The Morgan fingerprint density at radius 3 is 2.75 bits per heavy atom. The van der Waals surface area contributed by atoms with E-state index in [2.05, 4.69) is 18.7 Å². The largest absolute Gasteiger partial charge is 0.415 e. The van der Waals surface area contributed by atoms with Crippen LogP contribution < -0.4 is 0 Å². The predicted octanol–water partition coefficient (Wildman–Crippen LogP) is 1.35. The fourth-order valence-corrected chi connectivity index (χ4v) is 2.15. The van der Waals surface area contributed by atoms with Crippen LogP contribution in [0.2, 0.25) is 0 Å². The second-order valence-electron chi connectivity index (χ2n) is 3.82. The summed E-state index contributed by atoms with van der Waals surface area (Å²) in [4.78, 5) is 3.87. The van der Waals surface area contributed by atoms with Crippen molar-refractivity contribution < 1.29 is 9.47 Å². The van der Waals surface area contributed by atoms with Crippen molar-refractivity contribution in [2.75, 3.05) is 13.2 Å². The monoisotopic (exact) mass is 168 g/mol. The molecule has 3 heteroatoms. The third-order valence-electron chi connectivity index (χ3n) is 2.94. The van der Waals surface area contributed by atoms with Crippen molar-refractivity contribution in [3.05, 3.63) is 4.85 Å². The van der Waals surface area contributed by atoms with E-state index in [4.69, 9.17) is 16.0 Å². The summed E-state index contributed by atoms with van der Waals surface area (Å²) in [7, 11) is 0. The zero-order chi connectivity index (χ0) is 8.77. The van der Waals surface area contributed by atoms with Crippen LogP contribution in [0.3, 0.4) is 0 Å². The van der Waals surface area contributed by atoms with E-state index in [1.807, 2.05) is 0 Å². The normalized spacial score (nSPS) is 51.9. The third kappa shape index (κ3) is 0.769. The van der Waals surface area contributed by atoms with E-state index in [0.29, 0.717) is 19.1 Å². The van der Waals surface area contributed by atoms with Gasteiger partial charge in [0.2, 0.25) is 0 Å². The molecule has 0 aliphatic carbocycles. The third-order valence-corrected chi connectivity index (χ3v) is 2.94. The zero-order valence-corrected chi connectivity index (χ0v) is 7.49. The summed E-state index contributed by atoms with van der Waals surface area (Å²) in [5.74, 6) is 0.680. The number of hydrogen-bond donors (Lipinski definition) is 0. The first-order chi connectivity index (χ1) is 5.70. The lowest BCUT2D eigenvalue weighted by Gasteiger charge is -2.12. The zero-order valence-electron chi connectivity index (χ0n) is 7.49. The molecule has 0 aromatic rings. The number of hydrogen-bond acceptors (Lipinski definition) is 2. The van der Waals surface area contributed by atoms with Crippen LogP contribution in [0.4, 0.5) is 0 Å². The maximum Gasteiger partial charge on any atom is 0.415 e. The fourth-order valence-electron chi connectivity index (χ4n) is 2.15. The van der Waals surface area contributed by atoms with Crippen LogP contribution in [0.25, 0.3) is 4.85 Å². The van der Waals surface area contributed by atoms with Gasteiger partial charge in [0.1, 0.15) is 0 Å². The number of fused-ring (bicyclic) bond motifs is 1. The van der Waals surface area contributed by atoms with Crippen molar-refractivity contribution in [1.29, 1.82) is 0 Å². The van der Waals surface area contributed by atoms with Crippen LogP contribution in [0.15, 0.2) is 0 Å². The van der Waals surface area contributed by atoms with Gasteiger partial charge >= 0.3 is 5.72 Å². The van der Waals surface area contributed by atoms with Crippen molar-refractivity contribution in [2.24, 2.45) is 11.8 Å². The standard InChI is InChI=1S/C9H14NO2/c1-6-4-12-9(10-3)7(2)5-11-8(6)9/h3,6-8H,4-5H2,1-2H3/q+1/t6-,7-,8+,9+/m0/s1. The SMILES string of the molecule is C#[N+][C@]12OC[C@H](C)[C@H]1OC[C@@H]2C. The molecule has 0 radical (unpaired) electrons. The number of nitrogens with zero attached hydrogens (tertiary/aromatic N) is 1. The minimum Gasteiger partial charge on any atom is -0.366 e. The van der Waals surface area contributed by atoms with Gasteiger partial charge in [0.05, 0.1) is 19.1 Å². The Labute approximate surface area is 72.5 Å². The molecule has 2 saturated heterocycles. The highest BCUT2D eigenvalue weighted by molar-refractivity contribution is 5.10. The molecule has 4 atom stereocenters. The summed E-state index contributed by atoms with van der Waals surface area (Å²) in [5, 5.41) is 0. The molecule has 2 aliphatic heterocycles. The molecule has 66 valence electrons. The molecule has 2 fully saturated rings. The van der Waals surface area contributed by atoms with Gasteiger partial charge < -0.3 is 9.47 Å². The molecular formula is C9H14NO2+. The van der Waals surface area contributed by atoms with Crippen molar-refractivity contribution in [3.8, 4) is 6.57 Å². The summed E-state index contributed by atoms with van der Waals surface area (Å²) < 4.78 is 11.2. The Bertz CT molecular complexity index is 235. The molecule has 2 heterocycles. The van der Waals surface area contributed by atoms with Gasteiger partial charge in [0.25, 0.3) is 6.57 Å². The molecule has 0 aromatic carbocycles. The van der Waals surface area contributed by atoms with Crippen molar-refractivity contribution >= 4 is 0 Å². The van der Waals surface area contributed by atoms with E-state index in [1.165, 1.54) is 0 Å².